The number of carbonyl (C=O) groups excluding carboxylic acids is 1. The van der Waals surface area contributed by atoms with E-state index in [1.807, 2.05) is 0 Å². The van der Waals surface area contributed by atoms with Crippen molar-refractivity contribution < 1.29 is 35.1 Å². The highest BCUT2D eigenvalue weighted by Crippen LogP contribution is 2.23. The Morgan fingerprint density at radius 3 is 2.56 bits per heavy atom. The van der Waals surface area contributed by atoms with Crippen LogP contribution in [0.1, 0.15) is 13.3 Å². The second kappa shape index (κ2) is 6.41. The third kappa shape index (κ3) is 3.61. The lowest BCUT2D eigenvalue weighted by atomic mass is 9.92. The van der Waals surface area contributed by atoms with Gasteiger partial charge in [-0.2, -0.15) is 0 Å². The van der Waals surface area contributed by atoms with Crippen LogP contribution < -0.4 is 5.32 Å². The molecule has 8 heteroatoms. The number of ether oxygens (including phenoxy) is 1. The molecule has 0 radical (unpaired) electrons. The third-order valence-corrected chi connectivity index (χ3v) is 2.81. The number of nitrogens with one attached hydrogen (secondary N) is 1. The van der Waals surface area contributed by atoms with Gasteiger partial charge in [0.15, 0.2) is 6.29 Å². The summed E-state index contributed by atoms with van der Waals surface area (Å²) in [6.45, 7) is 0.518. The van der Waals surface area contributed by atoms with E-state index in [-0.39, 0.29) is 6.42 Å². The van der Waals surface area contributed by atoms with Gasteiger partial charge in [-0.1, -0.05) is 0 Å². The quantitative estimate of drug-likeness (QED) is 0.312. The zero-order valence-corrected chi connectivity index (χ0v) is 9.93. The molecule has 0 unspecified atom stereocenters. The highest BCUT2D eigenvalue weighted by molar-refractivity contribution is 5.73. The van der Waals surface area contributed by atoms with E-state index in [9.17, 15) is 25.2 Å². The summed E-state index contributed by atoms with van der Waals surface area (Å²) in [5.74, 6) is -0.449. The zero-order valence-electron chi connectivity index (χ0n) is 9.93. The normalized spacial score (nSPS) is 35.9. The van der Waals surface area contributed by atoms with Crippen molar-refractivity contribution in [3.8, 4) is 0 Å². The molecule has 0 saturated carbocycles. The molecule has 0 aliphatic carbocycles. The first-order chi connectivity index (χ1) is 8.36. The van der Waals surface area contributed by atoms with Crippen LogP contribution >= 0.6 is 0 Å². The Hall–Kier alpha value is -0.770. The largest absolute Gasteiger partial charge is 0.394 e. The molecule has 6 N–H and O–H groups in total. The van der Waals surface area contributed by atoms with Crippen LogP contribution in [0.5, 0.6) is 0 Å². The molecule has 1 aliphatic heterocycles. The van der Waals surface area contributed by atoms with Gasteiger partial charge in [0.2, 0.25) is 5.91 Å². The summed E-state index contributed by atoms with van der Waals surface area (Å²) in [6, 6.07) is -0.970. The minimum absolute atomic E-state index is 0.122. The van der Waals surface area contributed by atoms with Crippen LogP contribution in [0.15, 0.2) is 0 Å². The third-order valence-electron chi connectivity index (χ3n) is 2.81. The van der Waals surface area contributed by atoms with Crippen molar-refractivity contribution in [1.82, 2.24) is 5.32 Å². The molecule has 0 spiro atoms. The molecule has 6 atom stereocenters. The van der Waals surface area contributed by atoms with Crippen molar-refractivity contribution >= 4 is 5.91 Å². The highest BCUT2D eigenvalue weighted by atomic mass is 16.6. The fraction of sp³-hybridized carbons (Fsp3) is 0.900. The van der Waals surface area contributed by atoms with Gasteiger partial charge in [-0.15, -0.1) is 0 Å². The molecule has 1 rings (SSSR count). The number of rotatable bonds is 4. The molecule has 8 nitrogen and oxygen atoms in total. The van der Waals surface area contributed by atoms with E-state index in [0.29, 0.717) is 0 Å². The van der Waals surface area contributed by atoms with Gasteiger partial charge in [-0.3, -0.25) is 4.79 Å². The van der Waals surface area contributed by atoms with Crippen LogP contribution in [0, 0.1) is 0 Å². The summed E-state index contributed by atoms with van der Waals surface area (Å²) >= 11 is 0. The summed E-state index contributed by atoms with van der Waals surface area (Å²) in [7, 11) is 0. The van der Waals surface area contributed by atoms with Crippen LogP contribution in [0.3, 0.4) is 0 Å². The lowest BCUT2D eigenvalue weighted by Gasteiger charge is -2.41. The first kappa shape index (κ1) is 15.3. The van der Waals surface area contributed by atoms with Gasteiger partial charge in [0.05, 0.1) is 18.8 Å². The molecule has 0 bridgehead atoms. The molecular weight excluding hydrogens is 246 g/mol. The van der Waals surface area contributed by atoms with Crippen LogP contribution in [0.4, 0.5) is 0 Å². The van der Waals surface area contributed by atoms with Gasteiger partial charge in [0, 0.05) is 13.3 Å². The van der Waals surface area contributed by atoms with E-state index in [1.165, 1.54) is 6.92 Å². The van der Waals surface area contributed by atoms with Crippen LogP contribution in [0.25, 0.3) is 0 Å². The monoisotopic (exact) mass is 265 g/mol. The minimum atomic E-state index is -1.54. The fourth-order valence-corrected chi connectivity index (χ4v) is 1.93. The molecule has 0 aromatic carbocycles. The first-order valence-electron chi connectivity index (χ1n) is 5.62. The number of aliphatic hydroxyl groups is 5. The lowest BCUT2D eigenvalue weighted by molar-refractivity contribution is -0.236. The fourth-order valence-electron chi connectivity index (χ4n) is 1.93. The van der Waals surface area contributed by atoms with Gasteiger partial charge in [0.25, 0.3) is 0 Å². The number of amides is 1. The summed E-state index contributed by atoms with van der Waals surface area (Å²) in [6.07, 6.45) is -6.81. The van der Waals surface area contributed by atoms with Crippen molar-refractivity contribution in [2.24, 2.45) is 0 Å². The molecule has 1 saturated heterocycles. The number of hydrogen-bond acceptors (Lipinski definition) is 7. The van der Waals surface area contributed by atoms with E-state index < -0.39 is 49.3 Å². The molecule has 1 amide bonds. The average molecular weight is 265 g/mol. The highest BCUT2D eigenvalue weighted by Gasteiger charge is 2.43. The van der Waals surface area contributed by atoms with Crippen molar-refractivity contribution in [1.29, 1.82) is 0 Å². The average Bonchev–Trinajstić information content (AvgIpc) is 2.29. The molecule has 0 aromatic heterocycles. The zero-order chi connectivity index (χ0) is 13.9. The smallest absolute Gasteiger partial charge is 0.217 e. The Bertz CT molecular complexity index is 287. The van der Waals surface area contributed by atoms with E-state index in [0.717, 1.165) is 0 Å². The summed E-state index contributed by atoms with van der Waals surface area (Å²) in [5, 5.41) is 49.3. The van der Waals surface area contributed by atoms with Crippen molar-refractivity contribution in [2.45, 2.75) is 50.1 Å². The Morgan fingerprint density at radius 1 is 1.44 bits per heavy atom. The second-order valence-corrected chi connectivity index (χ2v) is 4.33. The maximum atomic E-state index is 11.0. The summed E-state index contributed by atoms with van der Waals surface area (Å²) in [4.78, 5) is 11.0. The SMILES string of the molecule is CC(=O)N[C@H]1[C@H]([C@H](O)[C@H](O)CO)O[C@H](O)C[C@@H]1O. The molecule has 1 aliphatic rings. The predicted octanol–water partition coefficient (Wildman–Crippen LogP) is -3.33. The van der Waals surface area contributed by atoms with Crippen LogP contribution in [-0.4, -0.2) is 74.8 Å². The summed E-state index contributed by atoms with van der Waals surface area (Å²) in [5.41, 5.74) is 0. The second-order valence-electron chi connectivity index (χ2n) is 4.33. The van der Waals surface area contributed by atoms with Gasteiger partial charge in [0.1, 0.15) is 18.3 Å². The first-order valence-corrected chi connectivity index (χ1v) is 5.62. The van der Waals surface area contributed by atoms with E-state index >= 15 is 0 Å². The maximum Gasteiger partial charge on any atom is 0.217 e. The van der Waals surface area contributed by atoms with Gasteiger partial charge < -0.3 is 35.6 Å². The molecule has 1 fully saturated rings. The Labute approximate surface area is 104 Å². The summed E-state index contributed by atoms with van der Waals surface area (Å²) < 4.78 is 5.01. The molecule has 106 valence electrons. The van der Waals surface area contributed by atoms with Gasteiger partial charge >= 0.3 is 0 Å². The van der Waals surface area contributed by atoms with E-state index in [2.05, 4.69) is 5.32 Å². The predicted molar refractivity (Wildman–Crippen MR) is 58.2 cm³/mol. The maximum absolute atomic E-state index is 11.0. The number of carbonyl (C=O) groups is 1. The molecule has 1 heterocycles. The van der Waals surface area contributed by atoms with Gasteiger partial charge in [-0.05, 0) is 0 Å². The Balaban J connectivity index is 2.83. The van der Waals surface area contributed by atoms with Crippen LogP contribution in [0.2, 0.25) is 0 Å². The number of aliphatic hydroxyl groups excluding tert-OH is 5. The van der Waals surface area contributed by atoms with Crippen molar-refractivity contribution in [3.63, 3.8) is 0 Å². The standard InChI is InChI=1S/C10H19NO7/c1-4(13)11-8-5(14)2-7(16)18-10(8)9(17)6(15)3-12/h5-10,12,14-17H,2-3H2,1H3,(H,11,13)/t5-,6+,7-,8+,9+,10+/m0/s1. The molecular formula is C10H19NO7. The Morgan fingerprint density at radius 2 is 2.06 bits per heavy atom. The van der Waals surface area contributed by atoms with Crippen molar-refractivity contribution in [2.75, 3.05) is 6.61 Å². The van der Waals surface area contributed by atoms with Crippen molar-refractivity contribution in [3.05, 3.63) is 0 Å². The molecule has 0 aromatic rings. The number of hydrogen-bond donors (Lipinski definition) is 6. The Kier molecular flexibility index (Phi) is 5.45. The van der Waals surface area contributed by atoms with E-state index in [1.54, 1.807) is 0 Å². The van der Waals surface area contributed by atoms with Crippen LogP contribution in [-0.2, 0) is 9.53 Å². The van der Waals surface area contributed by atoms with E-state index in [4.69, 9.17) is 9.84 Å². The molecule has 18 heavy (non-hydrogen) atoms. The topological polar surface area (TPSA) is 139 Å². The van der Waals surface area contributed by atoms with Gasteiger partial charge in [-0.25, -0.2) is 0 Å². The minimum Gasteiger partial charge on any atom is -0.394 e. The lowest BCUT2D eigenvalue weighted by Crippen LogP contribution is -2.62.